The standard InChI is InChI=1S/C25H50N6/c1-23-5-15-30(16-6-23)31-17-9-25(10-18-31)29-21-19-28(20-22-29)12-4-2-3-11-27-13-7-24(26)8-14-27/h23-25H,2-22,26H2,1H3. The Morgan fingerprint density at radius 1 is 0.581 bits per heavy atom. The van der Waals surface area contributed by atoms with E-state index in [4.69, 9.17) is 5.73 Å². The molecule has 0 aromatic carbocycles. The fraction of sp³-hybridized carbons (Fsp3) is 1.00. The molecule has 6 heteroatoms. The molecule has 4 fully saturated rings. The molecule has 4 aliphatic heterocycles. The summed E-state index contributed by atoms with van der Waals surface area (Å²) in [4.78, 5) is 8.16. The van der Waals surface area contributed by atoms with Crippen LogP contribution in [0.4, 0.5) is 0 Å². The van der Waals surface area contributed by atoms with E-state index >= 15 is 0 Å². The van der Waals surface area contributed by atoms with Gasteiger partial charge in [-0.25, -0.2) is 10.0 Å². The van der Waals surface area contributed by atoms with Crippen molar-refractivity contribution in [1.29, 1.82) is 0 Å². The van der Waals surface area contributed by atoms with E-state index in [0.29, 0.717) is 6.04 Å². The van der Waals surface area contributed by atoms with Gasteiger partial charge < -0.3 is 15.5 Å². The molecule has 4 aliphatic rings. The van der Waals surface area contributed by atoms with Crippen molar-refractivity contribution in [2.75, 3.05) is 78.5 Å². The summed E-state index contributed by atoms with van der Waals surface area (Å²) < 4.78 is 0. The summed E-state index contributed by atoms with van der Waals surface area (Å²) in [5, 5.41) is 5.34. The zero-order valence-electron chi connectivity index (χ0n) is 20.4. The van der Waals surface area contributed by atoms with Crippen molar-refractivity contribution in [3.63, 3.8) is 0 Å². The smallest absolute Gasteiger partial charge is 0.0148 e. The van der Waals surface area contributed by atoms with Crippen LogP contribution in [0.15, 0.2) is 0 Å². The van der Waals surface area contributed by atoms with Crippen LogP contribution in [0.25, 0.3) is 0 Å². The molecule has 4 saturated heterocycles. The summed E-state index contributed by atoms with van der Waals surface area (Å²) in [6.45, 7) is 17.7. The van der Waals surface area contributed by atoms with Crippen LogP contribution < -0.4 is 5.73 Å². The molecule has 0 saturated carbocycles. The predicted molar refractivity (Wildman–Crippen MR) is 130 cm³/mol. The average Bonchev–Trinajstić information content (AvgIpc) is 2.81. The maximum Gasteiger partial charge on any atom is 0.0148 e. The summed E-state index contributed by atoms with van der Waals surface area (Å²) in [6, 6.07) is 1.29. The molecule has 0 aromatic rings. The van der Waals surface area contributed by atoms with Gasteiger partial charge in [0.2, 0.25) is 0 Å². The Labute approximate surface area is 192 Å². The number of unbranched alkanes of at least 4 members (excludes halogenated alkanes) is 2. The topological polar surface area (TPSA) is 42.2 Å². The third-order valence-corrected chi connectivity index (χ3v) is 8.61. The van der Waals surface area contributed by atoms with E-state index in [1.807, 2.05) is 0 Å². The normalized spacial score (nSPS) is 28.5. The van der Waals surface area contributed by atoms with Crippen LogP contribution in [-0.2, 0) is 0 Å². The number of piperazine rings is 1. The van der Waals surface area contributed by atoms with Gasteiger partial charge in [-0.05, 0) is 83.5 Å². The van der Waals surface area contributed by atoms with Crippen LogP contribution in [0.3, 0.4) is 0 Å². The molecule has 180 valence electrons. The molecule has 0 aliphatic carbocycles. The first-order valence-corrected chi connectivity index (χ1v) is 13.6. The first-order chi connectivity index (χ1) is 15.2. The van der Waals surface area contributed by atoms with E-state index in [2.05, 4.69) is 31.6 Å². The number of piperidine rings is 3. The number of nitrogens with two attached hydrogens (primary N) is 1. The molecule has 6 nitrogen and oxygen atoms in total. The lowest BCUT2D eigenvalue weighted by Crippen LogP contribution is -2.56. The van der Waals surface area contributed by atoms with Crippen molar-refractivity contribution in [2.45, 2.75) is 76.8 Å². The summed E-state index contributed by atoms with van der Waals surface area (Å²) >= 11 is 0. The lowest BCUT2D eigenvalue weighted by Gasteiger charge is -2.46. The first-order valence-electron chi connectivity index (χ1n) is 13.6. The fourth-order valence-corrected chi connectivity index (χ4v) is 6.15. The second-order valence-electron chi connectivity index (χ2n) is 10.9. The number of hydrazine groups is 1. The average molecular weight is 435 g/mol. The summed E-state index contributed by atoms with van der Waals surface area (Å²) in [6.07, 6.45) is 12.0. The monoisotopic (exact) mass is 434 g/mol. The van der Waals surface area contributed by atoms with Crippen LogP contribution in [0.5, 0.6) is 0 Å². The molecule has 0 aromatic heterocycles. The lowest BCUT2D eigenvalue weighted by atomic mass is 9.99. The highest BCUT2D eigenvalue weighted by atomic mass is 15.6. The number of rotatable bonds is 8. The van der Waals surface area contributed by atoms with Crippen LogP contribution in [0.2, 0.25) is 0 Å². The van der Waals surface area contributed by atoms with Crippen molar-refractivity contribution in [3.8, 4) is 0 Å². The van der Waals surface area contributed by atoms with Gasteiger partial charge in [-0.1, -0.05) is 13.3 Å². The van der Waals surface area contributed by atoms with Crippen LogP contribution in [-0.4, -0.2) is 115 Å². The van der Waals surface area contributed by atoms with E-state index in [1.165, 1.54) is 136 Å². The zero-order chi connectivity index (χ0) is 21.5. The Hall–Kier alpha value is -0.240. The van der Waals surface area contributed by atoms with Gasteiger partial charge in [0, 0.05) is 64.4 Å². The highest BCUT2D eigenvalue weighted by Crippen LogP contribution is 2.23. The molecule has 2 N–H and O–H groups in total. The van der Waals surface area contributed by atoms with Crippen molar-refractivity contribution in [3.05, 3.63) is 0 Å². The second-order valence-corrected chi connectivity index (χ2v) is 10.9. The van der Waals surface area contributed by atoms with E-state index < -0.39 is 0 Å². The molecular formula is C25H50N6. The molecular weight excluding hydrogens is 384 g/mol. The third kappa shape index (κ3) is 7.38. The Morgan fingerprint density at radius 3 is 1.68 bits per heavy atom. The molecule has 0 unspecified atom stereocenters. The van der Waals surface area contributed by atoms with Crippen LogP contribution >= 0.6 is 0 Å². The van der Waals surface area contributed by atoms with E-state index in [-0.39, 0.29) is 0 Å². The molecule has 0 spiro atoms. The number of likely N-dealkylation sites (tertiary alicyclic amines) is 1. The van der Waals surface area contributed by atoms with Crippen molar-refractivity contribution in [1.82, 2.24) is 24.7 Å². The van der Waals surface area contributed by atoms with Gasteiger partial charge in [0.1, 0.15) is 0 Å². The third-order valence-electron chi connectivity index (χ3n) is 8.61. The summed E-state index contributed by atoms with van der Waals surface area (Å²) in [5.41, 5.74) is 6.01. The summed E-state index contributed by atoms with van der Waals surface area (Å²) in [5.74, 6) is 0.930. The summed E-state index contributed by atoms with van der Waals surface area (Å²) in [7, 11) is 0. The Morgan fingerprint density at radius 2 is 1.10 bits per heavy atom. The molecule has 4 heterocycles. The van der Waals surface area contributed by atoms with Crippen molar-refractivity contribution >= 4 is 0 Å². The first kappa shape index (κ1) is 23.9. The number of hydrogen-bond acceptors (Lipinski definition) is 6. The second kappa shape index (κ2) is 12.3. The van der Waals surface area contributed by atoms with Crippen LogP contribution in [0, 0.1) is 5.92 Å². The Bertz CT molecular complexity index is 484. The number of nitrogens with zero attached hydrogens (tertiary/aromatic N) is 5. The number of hydrogen-bond donors (Lipinski definition) is 1. The molecule has 0 radical (unpaired) electrons. The van der Waals surface area contributed by atoms with Crippen LogP contribution in [0.1, 0.15) is 64.7 Å². The van der Waals surface area contributed by atoms with Gasteiger partial charge in [0.05, 0.1) is 0 Å². The zero-order valence-corrected chi connectivity index (χ0v) is 20.4. The minimum Gasteiger partial charge on any atom is -0.328 e. The van der Waals surface area contributed by atoms with E-state index in [0.717, 1.165) is 12.0 Å². The molecule has 0 atom stereocenters. The maximum absolute atomic E-state index is 6.01. The van der Waals surface area contributed by atoms with E-state index in [9.17, 15) is 0 Å². The van der Waals surface area contributed by atoms with Gasteiger partial charge >= 0.3 is 0 Å². The Kier molecular flexibility index (Phi) is 9.47. The maximum atomic E-state index is 6.01. The fourth-order valence-electron chi connectivity index (χ4n) is 6.15. The predicted octanol–water partition coefficient (Wildman–Crippen LogP) is 2.31. The highest BCUT2D eigenvalue weighted by molar-refractivity contribution is 4.84. The highest BCUT2D eigenvalue weighted by Gasteiger charge is 2.30. The minimum atomic E-state index is 0.459. The van der Waals surface area contributed by atoms with Crippen molar-refractivity contribution < 1.29 is 0 Å². The molecule has 0 bridgehead atoms. The molecule has 31 heavy (non-hydrogen) atoms. The Balaban J connectivity index is 1.03. The SMILES string of the molecule is CC1CCN(N2CCC(N3CCN(CCCCCN4CCC(N)CC4)CC3)CC2)CC1. The van der Waals surface area contributed by atoms with Gasteiger partial charge in [-0.15, -0.1) is 0 Å². The minimum absolute atomic E-state index is 0.459. The van der Waals surface area contributed by atoms with Gasteiger partial charge in [-0.3, -0.25) is 4.90 Å². The quantitative estimate of drug-likeness (QED) is 0.592. The van der Waals surface area contributed by atoms with Gasteiger partial charge in [0.25, 0.3) is 0 Å². The molecule has 0 amide bonds. The lowest BCUT2D eigenvalue weighted by molar-refractivity contribution is -0.0758. The molecule has 4 rings (SSSR count). The van der Waals surface area contributed by atoms with E-state index in [1.54, 1.807) is 0 Å². The van der Waals surface area contributed by atoms with Gasteiger partial charge in [-0.2, -0.15) is 0 Å². The largest absolute Gasteiger partial charge is 0.328 e. The van der Waals surface area contributed by atoms with Gasteiger partial charge in [0.15, 0.2) is 0 Å². The van der Waals surface area contributed by atoms with Crippen molar-refractivity contribution in [2.24, 2.45) is 11.7 Å².